The second-order valence-electron chi connectivity index (χ2n) is 25.9. The number of carbonyl (C=O) groups excluding carboxylic acids is 2. The number of hydrogen-bond acceptors (Lipinski definition) is 8. The molecule has 2 unspecified atom stereocenters. The molecule has 0 rings (SSSR count). The van der Waals surface area contributed by atoms with Crippen LogP contribution < -0.4 is 5.73 Å². The van der Waals surface area contributed by atoms with Crippen molar-refractivity contribution in [1.82, 2.24) is 0 Å². The van der Waals surface area contributed by atoms with Crippen LogP contribution in [0.2, 0.25) is 0 Å². The van der Waals surface area contributed by atoms with Gasteiger partial charge in [0.05, 0.1) is 13.2 Å². The minimum atomic E-state index is -4.39. The highest BCUT2D eigenvalue weighted by molar-refractivity contribution is 7.47. The maximum atomic E-state index is 12.8. The largest absolute Gasteiger partial charge is 0.472 e. The fourth-order valence-corrected chi connectivity index (χ4v) is 12.5. The lowest BCUT2D eigenvalue weighted by atomic mass is 10.0. The van der Waals surface area contributed by atoms with Crippen LogP contribution in [-0.2, 0) is 32.7 Å². The maximum absolute atomic E-state index is 12.8. The zero-order chi connectivity index (χ0) is 61.6. The quantitative estimate of drug-likeness (QED) is 0.0264. The number of hydrogen-bond donors (Lipinski definition) is 2. The molecule has 0 saturated heterocycles. The van der Waals surface area contributed by atoms with Gasteiger partial charge in [-0.3, -0.25) is 18.6 Å². The summed E-state index contributed by atoms with van der Waals surface area (Å²) in [4.78, 5) is 35.4. The van der Waals surface area contributed by atoms with E-state index >= 15 is 0 Å². The van der Waals surface area contributed by atoms with Crippen LogP contribution in [-0.4, -0.2) is 49.3 Å². The summed E-state index contributed by atoms with van der Waals surface area (Å²) in [6.07, 6.45) is 88.8. The molecule has 0 aromatic carbocycles. The molecule has 0 aliphatic carbocycles. The Morgan fingerprint density at radius 3 is 0.894 bits per heavy atom. The van der Waals surface area contributed by atoms with E-state index in [4.69, 9.17) is 24.3 Å². The first kappa shape index (κ1) is 83.5. The highest BCUT2D eigenvalue weighted by atomic mass is 31.2. The first-order valence-electron chi connectivity index (χ1n) is 37.8. The minimum absolute atomic E-state index is 0.0573. The van der Waals surface area contributed by atoms with E-state index in [-0.39, 0.29) is 38.6 Å². The molecule has 0 heterocycles. The molecule has 0 spiro atoms. The van der Waals surface area contributed by atoms with Crippen molar-refractivity contribution in [2.75, 3.05) is 26.4 Å². The second-order valence-corrected chi connectivity index (χ2v) is 27.3. The summed E-state index contributed by atoms with van der Waals surface area (Å²) in [7, 11) is -4.39. The molecule has 85 heavy (non-hydrogen) atoms. The molecule has 0 bridgehead atoms. The highest BCUT2D eigenvalue weighted by Gasteiger charge is 2.26. The third kappa shape index (κ3) is 71.4. The van der Waals surface area contributed by atoms with Crippen molar-refractivity contribution >= 4 is 19.8 Å². The SMILES string of the molecule is CCCCCCC/C=C\C/C=C\CCCCCCCCCCCCCCCCCCCCCCCC(=O)OC(COC(=O)CCCCCCCCCCCCCCCCCCCCCCCCCCCCCCCCC)COP(=O)(O)OCCN. The first-order chi connectivity index (χ1) is 41.8. The lowest BCUT2D eigenvalue weighted by Crippen LogP contribution is -2.29. The number of unbranched alkanes of at least 4 members (excludes halogenated alkanes) is 56. The predicted molar refractivity (Wildman–Crippen MR) is 368 cm³/mol. The van der Waals surface area contributed by atoms with Crippen LogP contribution in [0.3, 0.4) is 0 Å². The fourth-order valence-electron chi connectivity index (χ4n) is 11.7. The molecular weight excluding hydrogens is 1070 g/mol. The van der Waals surface area contributed by atoms with E-state index in [1.165, 1.54) is 340 Å². The van der Waals surface area contributed by atoms with Gasteiger partial charge >= 0.3 is 19.8 Å². The van der Waals surface area contributed by atoms with Crippen LogP contribution >= 0.6 is 7.82 Å². The number of esters is 2. The number of ether oxygens (including phenoxy) is 2. The van der Waals surface area contributed by atoms with Gasteiger partial charge in [0.25, 0.3) is 0 Å². The van der Waals surface area contributed by atoms with Gasteiger partial charge in [0, 0.05) is 19.4 Å². The molecule has 2 atom stereocenters. The summed E-state index contributed by atoms with van der Waals surface area (Å²) in [5, 5.41) is 0. The van der Waals surface area contributed by atoms with Gasteiger partial charge in [-0.1, -0.05) is 378 Å². The Morgan fingerprint density at radius 2 is 0.612 bits per heavy atom. The predicted octanol–water partition coefficient (Wildman–Crippen LogP) is 24.9. The van der Waals surface area contributed by atoms with Crippen LogP contribution in [0, 0.1) is 0 Å². The molecule has 504 valence electrons. The maximum Gasteiger partial charge on any atom is 0.472 e. The lowest BCUT2D eigenvalue weighted by Gasteiger charge is -2.19. The normalized spacial score (nSPS) is 12.9. The van der Waals surface area contributed by atoms with E-state index in [0.29, 0.717) is 6.42 Å². The van der Waals surface area contributed by atoms with E-state index in [1.54, 1.807) is 0 Å². The Balaban J connectivity index is 3.77. The van der Waals surface area contributed by atoms with E-state index in [9.17, 15) is 19.0 Å². The zero-order valence-corrected chi connectivity index (χ0v) is 57.8. The zero-order valence-electron chi connectivity index (χ0n) is 56.9. The van der Waals surface area contributed by atoms with Crippen molar-refractivity contribution in [3.8, 4) is 0 Å². The van der Waals surface area contributed by atoms with Gasteiger partial charge in [-0.05, 0) is 44.9 Å². The number of phosphoric acid groups is 1. The topological polar surface area (TPSA) is 134 Å². The molecule has 0 aromatic rings. The number of nitrogens with two attached hydrogens (primary N) is 1. The summed E-state index contributed by atoms with van der Waals surface area (Å²) in [5.41, 5.74) is 5.41. The summed E-state index contributed by atoms with van der Waals surface area (Å²) >= 11 is 0. The van der Waals surface area contributed by atoms with E-state index < -0.39 is 26.5 Å². The third-order valence-corrected chi connectivity index (χ3v) is 18.3. The molecule has 0 saturated carbocycles. The van der Waals surface area contributed by atoms with Crippen LogP contribution in [0.5, 0.6) is 0 Å². The Labute approximate surface area is 529 Å². The smallest absolute Gasteiger partial charge is 0.462 e. The minimum Gasteiger partial charge on any atom is -0.462 e. The van der Waals surface area contributed by atoms with Crippen molar-refractivity contribution < 1.29 is 37.6 Å². The lowest BCUT2D eigenvalue weighted by molar-refractivity contribution is -0.161. The monoisotopic (exact) mass is 1220 g/mol. The van der Waals surface area contributed by atoms with Crippen LogP contribution in [0.1, 0.15) is 412 Å². The summed E-state index contributed by atoms with van der Waals surface area (Å²) in [6.45, 7) is 3.83. The molecule has 0 radical (unpaired) electrons. The number of rotatable bonds is 73. The molecule has 9 nitrogen and oxygen atoms in total. The van der Waals surface area contributed by atoms with Crippen LogP contribution in [0.15, 0.2) is 24.3 Å². The van der Waals surface area contributed by atoms with E-state index in [2.05, 4.69) is 38.2 Å². The van der Waals surface area contributed by atoms with Crippen molar-refractivity contribution in [2.24, 2.45) is 5.73 Å². The Kier molecular flexibility index (Phi) is 70.3. The summed E-state index contributed by atoms with van der Waals surface area (Å²) < 4.78 is 33.2. The van der Waals surface area contributed by atoms with Crippen molar-refractivity contribution in [3.63, 3.8) is 0 Å². The van der Waals surface area contributed by atoms with Gasteiger partial charge in [0.2, 0.25) is 0 Å². The van der Waals surface area contributed by atoms with Gasteiger partial charge in [0.1, 0.15) is 6.61 Å². The van der Waals surface area contributed by atoms with Crippen LogP contribution in [0.25, 0.3) is 0 Å². The Morgan fingerprint density at radius 1 is 0.353 bits per heavy atom. The van der Waals surface area contributed by atoms with Crippen molar-refractivity contribution in [1.29, 1.82) is 0 Å². The van der Waals surface area contributed by atoms with Gasteiger partial charge in [-0.25, -0.2) is 4.57 Å². The van der Waals surface area contributed by atoms with Gasteiger partial charge in [-0.15, -0.1) is 0 Å². The van der Waals surface area contributed by atoms with Crippen molar-refractivity contribution in [3.05, 3.63) is 24.3 Å². The molecule has 0 amide bonds. The Bertz CT molecular complexity index is 1440. The first-order valence-corrected chi connectivity index (χ1v) is 39.3. The molecule has 10 heteroatoms. The summed E-state index contributed by atoms with van der Waals surface area (Å²) in [5.74, 6) is -0.799. The average Bonchev–Trinajstić information content (AvgIpc) is 3.52. The van der Waals surface area contributed by atoms with Crippen LogP contribution in [0.4, 0.5) is 0 Å². The molecule has 0 aliphatic heterocycles. The molecular formula is C75H146NO8P. The highest BCUT2D eigenvalue weighted by Crippen LogP contribution is 2.43. The molecule has 0 aromatic heterocycles. The van der Waals surface area contributed by atoms with Gasteiger partial charge in [-0.2, -0.15) is 0 Å². The molecule has 0 fully saturated rings. The number of phosphoric ester groups is 1. The van der Waals surface area contributed by atoms with E-state index in [1.807, 2.05) is 0 Å². The Hall–Kier alpha value is -1.51. The second kappa shape index (κ2) is 71.6. The number of carbonyl (C=O) groups is 2. The molecule has 3 N–H and O–H groups in total. The van der Waals surface area contributed by atoms with E-state index in [0.717, 1.165) is 38.5 Å². The standard InChI is InChI=1S/C75H146NO8P/c1-3-5-7-9-11-13-15-17-19-21-23-25-27-29-31-33-35-36-38-40-42-44-46-48-50-52-54-56-58-60-62-64-66-68-75(78)84-73(72-83-85(79,80)82-70-69-76)71-81-74(77)67-65-63-61-59-57-55-53-51-49-47-45-43-41-39-37-34-32-30-28-26-24-22-20-18-16-14-12-10-8-6-4-2/h15,17,21,23,73H,3-14,16,18-20,22,24-72,76H2,1-2H3,(H,79,80)/b17-15-,23-21-. The third-order valence-electron chi connectivity index (χ3n) is 17.3. The fraction of sp³-hybridized carbons (Fsp3) is 0.920. The summed E-state index contributed by atoms with van der Waals surface area (Å²) in [6, 6.07) is 0. The molecule has 0 aliphatic rings. The average molecular weight is 1220 g/mol. The van der Waals surface area contributed by atoms with Gasteiger partial charge in [0.15, 0.2) is 6.10 Å². The van der Waals surface area contributed by atoms with Crippen molar-refractivity contribution in [2.45, 2.75) is 418 Å². The van der Waals surface area contributed by atoms with Gasteiger partial charge < -0.3 is 20.1 Å². The number of allylic oxidation sites excluding steroid dienone is 4.